The number of epoxide rings is 1. The van der Waals surface area contributed by atoms with Crippen molar-refractivity contribution in [3.05, 3.63) is 90.0 Å². The largest absolute Gasteiger partial charge is 0.490 e. The smallest absolute Gasteiger partial charge is 0.266 e. The van der Waals surface area contributed by atoms with Gasteiger partial charge in [-0.15, -0.1) is 0 Å². The van der Waals surface area contributed by atoms with Crippen LogP contribution in [0.25, 0.3) is 0 Å². The van der Waals surface area contributed by atoms with E-state index in [0.29, 0.717) is 17.9 Å². The van der Waals surface area contributed by atoms with Gasteiger partial charge in [0.25, 0.3) is 5.91 Å². The summed E-state index contributed by atoms with van der Waals surface area (Å²) >= 11 is 0. The first-order valence-corrected chi connectivity index (χ1v) is 9.02. The average Bonchev–Trinajstić information content (AvgIpc) is 3.52. The molecule has 0 spiro atoms. The quantitative estimate of drug-likeness (QED) is 0.597. The molecule has 3 aromatic carbocycles. The van der Waals surface area contributed by atoms with Crippen molar-refractivity contribution in [3.63, 3.8) is 0 Å². The second-order valence-electron chi connectivity index (χ2n) is 6.58. The van der Waals surface area contributed by atoms with Crippen LogP contribution < -0.4 is 9.64 Å². The molecule has 3 aromatic rings. The Hall–Kier alpha value is -3.11. The summed E-state index contributed by atoms with van der Waals surface area (Å²) in [6.07, 6.45) is 0.134. The SMILES string of the molecule is Cc1cccc(N(C(=O)c2ccccc2OCC2CO2)c2ccccc2)c1. The number of hydrogen-bond acceptors (Lipinski definition) is 3. The van der Waals surface area contributed by atoms with Gasteiger partial charge in [-0.1, -0.05) is 42.5 Å². The topological polar surface area (TPSA) is 42.1 Å². The van der Waals surface area contributed by atoms with Crippen LogP contribution in [0.4, 0.5) is 11.4 Å². The summed E-state index contributed by atoms with van der Waals surface area (Å²) in [5, 5.41) is 0. The van der Waals surface area contributed by atoms with Gasteiger partial charge in [0.1, 0.15) is 18.5 Å². The Morgan fingerprint density at radius 2 is 1.70 bits per heavy atom. The number of aryl methyl sites for hydroxylation is 1. The molecule has 0 N–H and O–H groups in total. The van der Waals surface area contributed by atoms with Crippen molar-refractivity contribution in [2.75, 3.05) is 18.1 Å². The fourth-order valence-electron chi connectivity index (χ4n) is 2.96. The van der Waals surface area contributed by atoms with E-state index in [0.717, 1.165) is 23.5 Å². The summed E-state index contributed by atoms with van der Waals surface area (Å²) in [7, 11) is 0. The summed E-state index contributed by atoms with van der Waals surface area (Å²) < 4.78 is 11.1. The van der Waals surface area contributed by atoms with Crippen LogP contribution in [0.15, 0.2) is 78.9 Å². The van der Waals surface area contributed by atoms with Crippen LogP contribution in [0.1, 0.15) is 15.9 Å². The molecular weight excluding hydrogens is 338 g/mol. The first-order valence-electron chi connectivity index (χ1n) is 9.02. The van der Waals surface area contributed by atoms with Gasteiger partial charge in [-0.25, -0.2) is 0 Å². The van der Waals surface area contributed by atoms with Gasteiger partial charge in [0.2, 0.25) is 0 Å². The van der Waals surface area contributed by atoms with Gasteiger partial charge in [-0.3, -0.25) is 9.69 Å². The van der Waals surface area contributed by atoms with E-state index in [4.69, 9.17) is 9.47 Å². The molecule has 0 aliphatic carbocycles. The van der Waals surface area contributed by atoms with Gasteiger partial charge in [0.05, 0.1) is 12.2 Å². The molecule has 0 bridgehead atoms. The lowest BCUT2D eigenvalue weighted by Gasteiger charge is -2.24. The molecule has 1 unspecified atom stereocenters. The van der Waals surface area contributed by atoms with Crippen LogP contribution >= 0.6 is 0 Å². The second-order valence-corrected chi connectivity index (χ2v) is 6.58. The molecule has 1 fully saturated rings. The number of benzene rings is 3. The highest BCUT2D eigenvalue weighted by Gasteiger charge is 2.26. The standard InChI is InChI=1S/C23H21NO3/c1-17-8-7-11-19(14-17)24(18-9-3-2-4-10-18)23(25)21-12-5-6-13-22(21)27-16-20-15-26-20/h2-14,20H,15-16H2,1H3. The maximum absolute atomic E-state index is 13.6. The average molecular weight is 359 g/mol. The third-order valence-electron chi connectivity index (χ3n) is 4.42. The zero-order valence-electron chi connectivity index (χ0n) is 15.2. The highest BCUT2D eigenvalue weighted by atomic mass is 16.6. The molecule has 1 saturated heterocycles. The van der Waals surface area contributed by atoms with E-state index in [2.05, 4.69) is 0 Å². The third-order valence-corrected chi connectivity index (χ3v) is 4.42. The maximum Gasteiger partial charge on any atom is 0.266 e. The zero-order chi connectivity index (χ0) is 18.6. The minimum absolute atomic E-state index is 0.126. The first kappa shape index (κ1) is 17.3. The number of anilines is 2. The van der Waals surface area contributed by atoms with E-state index in [1.54, 1.807) is 11.0 Å². The van der Waals surface area contributed by atoms with Crippen molar-refractivity contribution >= 4 is 17.3 Å². The molecule has 0 saturated carbocycles. The van der Waals surface area contributed by atoms with Gasteiger partial charge in [-0.05, 0) is 48.9 Å². The number of para-hydroxylation sites is 2. The van der Waals surface area contributed by atoms with E-state index in [9.17, 15) is 4.79 Å². The third kappa shape index (κ3) is 4.01. The van der Waals surface area contributed by atoms with Crippen molar-refractivity contribution in [1.29, 1.82) is 0 Å². The van der Waals surface area contributed by atoms with E-state index in [1.165, 1.54) is 0 Å². The van der Waals surface area contributed by atoms with Crippen LogP contribution in [0.3, 0.4) is 0 Å². The molecule has 1 aliphatic heterocycles. The van der Waals surface area contributed by atoms with Gasteiger partial charge < -0.3 is 9.47 Å². The number of nitrogens with zero attached hydrogens (tertiary/aromatic N) is 1. The minimum Gasteiger partial charge on any atom is -0.490 e. The molecule has 4 nitrogen and oxygen atoms in total. The van der Waals surface area contributed by atoms with Crippen LogP contribution in [-0.4, -0.2) is 25.2 Å². The number of carbonyl (C=O) groups is 1. The van der Waals surface area contributed by atoms with Gasteiger partial charge >= 0.3 is 0 Å². The molecular formula is C23H21NO3. The van der Waals surface area contributed by atoms with Crippen molar-refractivity contribution < 1.29 is 14.3 Å². The maximum atomic E-state index is 13.6. The highest BCUT2D eigenvalue weighted by molar-refractivity contribution is 6.12. The van der Waals surface area contributed by atoms with E-state index in [1.807, 2.05) is 79.7 Å². The van der Waals surface area contributed by atoms with Crippen molar-refractivity contribution in [1.82, 2.24) is 0 Å². The molecule has 0 aromatic heterocycles. The predicted octanol–water partition coefficient (Wildman–Crippen LogP) is 4.75. The van der Waals surface area contributed by atoms with Gasteiger partial charge in [0.15, 0.2) is 0 Å². The molecule has 1 aliphatic rings. The zero-order valence-corrected chi connectivity index (χ0v) is 15.2. The Bertz CT molecular complexity index is 935. The number of amides is 1. The summed E-state index contributed by atoms with van der Waals surface area (Å²) in [6.45, 7) is 3.19. The van der Waals surface area contributed by atoms with Crippen LogP contribution in [-0.2, 0) is 4.74 Å². The van der Waals surface area contributed by atoms with Crippen molar-refractivity contribution in [2.45, 2.75) is 13.0 Å². The molecule has 1 amide bonds. The van der Waals surface area contributed by atoms with E-state index in [-0.39, 0.29) is 12.0 Å². The van der Waals surface area contributed by atoms with E-state index >= 15 is 0 Å². The summed E-state index contributed by atoms with van der Waals surface area (Å²) in [5.74, 6) is 0.450. The summed E-state index contributed by atoms with van der Waals surface area (Å²) in [4.78, 5) is 15.3. The van der Waals surface area contributed by atoms with Gasteiger partial charge in [-0.2, -0.15) is 0 Å². The van der Waals surface area contributed by atoms with Crippen LogP contribution in [0.2, 0.25) is 0 Å². The van der Waals surface area contributed by atoms with Crippen LogP contribution in [0, 0.1) is 6.92 Å². The predicted molar refractivity (Wildman–Crippen MR) is 106 cm³/mol. The Labute approximate surface area is 159 Å². The fourth-order valence-corrected chi connectivity index (χ4v) is 2.96. The molecule has 4 rings (SSSR count). The summed E-state index contributed by atoms with van der Waals surface area (Å²) in [6, 6.07) is 24.9. The highest BCUT2D eigenvalue weighted by Crippen LogP contribution is 2.31. The fraction of sp³-hybridized carbons (Fsp3) is 0.174. The van der Waals surface area contributed by atoms with Gasteiger partial charge in [0, 0.05) is 11.4 Å². The monoisotopic (exact) mass is 359 g/mol. The number of ether oxygens (including phenoxy) is 2. The number of carbonyl (C=O) groups excluding carboxylic acids is 1. The number of rotatable bonds is 6. The van der Waals surface area contributed by atoms with Crippen molar-refractivity contribution in [3.8, 4) is 5.75 Å². The lowest BCUT2D eigenvalue weighted by atomic mass is 10.1. The molecule has 1 heterocycles. The molecule has 27 heavy (non-hydrogen) atoms. The Balaban J connectivity index is 1.73. The number of hydrogen-bond donors (Lipinski definition) is 0. The second kappa shape index (κ2) is 7.64. The molecule has 1 atom stereocenters. The Morgan fingerprint density at radius 1 is 1.00 bits per heavy atom. The normalized spacial score (nSPS) is 15.2. The lowest BCUT2D eigenvalue weighted by Crippen LogP contribution is -2.26. The lowest BCUT2D eigenvalue weighted by molar-refractivity contribution is 0.0994. The summed E-state index contributed by atoms with van der Waals surface area (Å²) in [5.41, 5.74) is 3.26. The Kier molecular flexibility index (Phi) is 4.90. The minimum atomic E-state index is -0.126. The van der Waals surface area contributed by atoms with E-state index < -0.39 is 0 Å². The van der Waals surface area contributed by atoms with Crippen molar-refractivity contribution in [2.24, 2.45) is 0 Å². The first-order chi connectivity index (χ1) is 13.2. The molecule has 4 heteroatoms. The molecule has 136 valence electrons. The van der Waals surface area contributed by atoms with Crippen LogP contribution in [0.5, 0.6) is 5.75 Å². The molecule has 0 radical (unpaired) electrons. The Morgan fingerprint density at radius 3 is 2.44 bits per heavy atom.